The third kappa shape index (κ3) is 3.39. The predicted molar refractivity (Wildman–Crippen MR) is 77.8 cm³/mol. The van der Waals surface area contributed by atoms with Gasteiger partial charge in [0.15, 0.2) is 0 Å². The highest BCUT2D eigenvalue weighted by Gasteiger charge is 2.28. The lowest BCUT2D eigenvalue weighted by molar-refractivity contribution is 0.353. The van der Waals surface area contributed by atoms with E-state index in [9.17, 15) is 0 Å². The molecule has 0 bridgehead atoms. The Hall–Kier alpha value is -0.280. The Morgan fingerprint density at radius 1 is 1.39 bits per heavy atom. The molecule has 0 amide bonds. The molecule has 0 heterocycles. The molecule has 1 aliphatic rings. The Labute approximate surface area is 119 Å². The zero-order valence-electron chi connectivity index (χ0n) is 10.6. The average Bonchev–Trinajstić information content (AvgIpc) is 2.77. The zero-order chi connectivity index (χ0) is 13.1. The fourth-order valence-electron chi connectivity index (χ4n) is 2.91. The number of halogens is 2. The van der Waals surface area contributed by atoms with Crippen molar-refractivity contribution in [3.63, 3.8) is 0 Å². The molecular formula is C14H20Cl2N2. The topological polar surface area (TPSA) is 38.0 Å². The van der Waals surface area contributed by atoms with E-state index in [1.54, 1.807) is 0 Å². The van der Waals surface area contributed by atoms with Crippen molar-refractivity contribution in [1.82, 2.24) is 5.43 Å². The molecule has 3 N–H and O–H groups in total. The van der Waals surface area contributed by atoms with Gasteiger partial charge in [0.05, 0.1) is 0 Å². The predicted octanol–water partition coefficient (Wildman–Crippen LogP) is 3.80. The molecule has 18 heavy (non-hydrogen) atoms. The van der Waals surface area contributed by atoms with Gasteiger partial charge in [-0.05, 0) is 54.9 Å². The second-order valence-corrected chi connectivity index (χ2v) is 6.23. The molecule has 0 radical (unpaired) electrons. The number of hydrogen-bond donors (Lipinski definition) is 2. The number of hydrazine groups is 1. The molecule has 4 heteroatoms. The fraction of sp³-hybridized carbons (Fsp3) is 0.571. The number of benzene rings is 1. The lowest BCUT2D eigenvalue weighted by Crippen LogP contribution is -2.41. The first kappa shape index (κ1) is 14.1. The molecule has 2 rings (SSSR count). The molecule has 0 aromatic heterocycles. The maximum absolute atomic E-state index is 6.21. The van der Waals surface area contributed by atoms with Crippen LogP contribution in [0, 0.1) is 11.8 Å². The first-order valence-corrected chi connectivity index (χ1v) is 7.25. The van der Waals surface area contributed by atoms with E-state index >= 15 is 0 Å². The summed E-state index contributed by atoms with van der Waals surface area (Å²) in [6.07, 6.45) is 4.63. The highest BCUT2D eigenvalue weighted by molar-refractivity contribution is 6.33. The van der Waals surface area contributed by atoms with Gasteiger partial charge in [0.1, 0.15) is 0 Å². The van der Waals surface area contributed by atoms with Gasteiger partial charge < -0.3 is 0 Å². The van der Waals surface area contributed by atoms with Crippen LogP contribution in [0.25, 0.3) is 0 Å². The standard InChI is InChI=1S/C14H20Cl2N2/c1-9-2-3-10(6-9)14(18-17)8-11-7-12(15)4-5-13(11)16/h4-5,7,9-10,14,18H,2-3,6,8,17H2,1H3. The van der Waals surface area contributed by atoms with Crippen molar-refractivity contribution >= 4 is 23.2 Å². The van der Waals surface area contributed by atoms with E-state index in [4.69, 9.17) is 29.0 Å². The van der Waals surface area contributed by atoms with Crippen LogP contribution in [0.1, 0.15) is 31.7 Å². The molecule has 1 aromatic rings. The van der Waals surface area contributed by atoms with Crippen LogP contribution in [0.15, 0.2) is 18.2 Å². The molecule has 100 valence electrons. The van der Waals surface area contributed by atoms with Gasteiger partial charge in [0.2, 0.25) is 0 Å². The lowest BCUT2D eigenvalue weighted by atomic mass is 9.92. The molecule has 0 spiro atoms. The van der Waals surface area contributed by atoms with E-state index in [1.165, 1.54) is 19.3 Å². The van der Waals surface area contributed by atoms with E-state index in [-0.39, 0.29) is 6.04 Å². The minimum absolute atomic E-state index is 0.283. The molecule has 3 atom stereocenters. The summed E-state index contributed by atoms with van der Waals surface area (Å²) >= 11 is 12.2. The summed E-state index contributed by atoms with van der Waals surface area (Å²) in [5.74, 6) is 7.15. The third-order valence-corrected chi connectivity index (χ3v) is 4.57. The van der Waals surface area contributed by atoms with Crippen molar-refractivity contribution in [2.24, 2.45) is 17.7 Å². The summed E-state index contributed by atoms with van der Waals surface area (Å²) in [5, 5.41) is 1.50. The van der Waals surface area contributed by atoms with Gasteiger partial charge in [0.25, 0.3) is 0 Å². The maximum atomic E-state index is 6.21. The van der Waals surface area contributed by atoms with Crippen LogP contribution in [0.2, 0.25) is 10.0 Å². The van der Waals surface area contributed by atoms with Crippen LogP contribution in [0.5, 0.6) is 0 Å². The average molecular weight is 287 g/mol. The van der Waals surface area contributed by atoms with Gasteiger partial charge in [-0.1, -0.05) is 36.5 Å². The van der Waals surface area contributed by atoms with Crippen molar-refractivity contribution in [3.05, 3.63) is 33.8 Å². The SMILES string of the molecule is CC1CCC(C(Cc2cc(Cl)ccc2Cl)NN)C1. The van der Waals surface area contributed by atoms with Crippen LogP contribution in [0.3, 0.4) is 0 Å². The Bertz CT molecular complexity index is 409. The smallest absolute Gasteiger partial charge is 0.0439 e. The number of nitrogens with two attached hydrogens (primary N) is 1. The molecule has 1 saturated carbocycles. The zero-order valence-corrected chi connectivity index (χ0v) is 12.1. The summed E-state index contributed by atoms with van der Waals surface area (Å²) in [4.78, 5) is 0. The minimum atomic E-state index is 0.283. The van der Waals surface area contributed by atoms with Crippen molar-refractivity contribution < 1.29 is 0 Å². The lowest BCUT2D eigenvalue weighted by Gasteiger charge is -2.23. The Morgan fingerprint density at radius 3 is 2.78 bits per heavy atom. The Balaban J connectivity index is 2.08. The fourth-order valence-corrected chi connectivity index (χ4v) is 3.30. The molecule has 0 aliphatic heterocycles. The van der Waals surface area contributed by atoms with E-state index in [0.29, 0.717) is 5.92 Å². The monoisotopic (exact) mass is 286 g/mol. The number of rotatable bonds is 4. The van der Waals surface area contributed by atoms with Crippen LogP contribution in [-0.4, -0.2) is 6.04 Å². The second kappa shape index (κ2) is 6.25. The summed E-state index contributed by atoms with van der Waals surface area (Å²) in [7, 11) is 0. The molecular weight excluding hydrogens is 267 g/mol. The first-order valence-electron chi connectivity index (χ1n) is 6.50. The van der Waals surface area contributed by atoms with Crippen molar-refractivity contribution in [1.29, 1.82) is 0 Å². The van der Waals surface area contributed by atoms with Gasteiger partial charge in [0, 0.05) is 16.1 Å². The highest BCUT2D eigenvalue weighted by atomic mass is 35.5. The minimum Gasteiger partial charge on any atom is -0.271 e. The van der Waals surface area contributed by atoms with Gasteiger partial charge in [-0.25, -0.2) is 0 Å². The largest absolute Gasteiger partial charge is 0.271 e. The second-order valence-electron chi connectivity index (χ2n) is 5.39. The van der Waals surface area contributed by atoms with E-state index in [1.807, 2.05) is 18.2 Å². The quantitative estimate of drug-likeness (QED) is 0.653. The van der Waals surface area contributed by atoms with Crippen molar-refractivity contribution in [2.45, 2.75) is 38.6 Å². The molecule has 1 fully saturated rings. The molecule has 2 nitrogen and oxygen atoms in total. The molecule has 0 saturated heterocycles. The normalized spacial score (nSPS) is 25.3. The van der Waals surface area contributed by atoms with Crippen LogP contribution >= 0.6 is 23.2 Å². The van der Waals surface area contributed by atoms with Crippen molar-refractivity contribution in [2.75, 3.05) is 0 Å². The van der Waals surface area contributed by atoms with Crippen LogP contribution in [-0.2, 0) is 6.42 Å². The first-order chi connectivity index (χ1) is 8.60. The van der Waals surface area contributed by atoms with Gasteiger partial charge in [-0.15, -0.1) is 0 Å². The summed E-state index contributed by atoms with van der Waals surface area (Å²) in [5.41, 5.74) is 4.03. The molecule has 3 unspecified atom stereocenters. The summed E-state index contributed by atoms with van der Waals surface area (Å²) in [6.45, 7) is 2.31. The molecule has 1 aromatic carbocycles. The van der Waals surface area contributed by atoms with E-state index in [2.05, 4.69) is 12.3 Å². The van der Waals surface area contributed by atoms with Gasteiger partial charge in [-0.3, -0.25) is 11.3 Å². The van der Waals surface area contributed by atoms with E-state index in [0.717, 1.165) is 27.9 Å². The highest BCUT2D eigenvalue weighted by Crippen LogP contribution is 2.34. The van der Waals surface area contributed by atoms with Crippen LogP contribution in [0.4, 0.5) is 0 Å². The Kier molecular flexibility index (Phi) is 4.91. The van der Waals surface area contributed by atoms with Crippen LogP contribution < -0.4 is 11.3 Å². The van der Waals surface area contributed by atoms with E-state index < -0.39 is 0 Å². The van der Waals surface area contributed by atoms with Gasteiger partial charge in [-0.2, -0.15) is 0 Å². The number of nitrogens with one attached hydrogen (secondary N) is 1. The summed E-state index contributed by atoms with van der Waals surface area (Å²) in [6, 6.07) is 5.89. The molecule has 1 aliphatic carbocycles. The Morgan fingerprint density at radius 2 is 2.17 bits per heavy atom. The summed E-state index contributed by atoms with van der Waals surface area (Å²) < 4.78 is 0. The van der Waals surface area contributed by atoms with Gasteiger partial charge >= 0.3 is 0 Å². The van der Waals surface area contributed by atoms with Crippen molar-refractivity contribution in [3.8, 4) is 0 Å². The third-order valence-electron chi connectivity index (χ3n) is 3.97. The maximum Gasteiger partial charge on any atom is 0.0439 e. The number of hydrogen-bond acceptors (Lipinski definition) is 2.